The molecule has 0 aliphatic heterocycles. The molecule has 0 unspecified atom stereocenters. The topological polar surface area (TPSA) is 39.2 Å². The summed E-state index contributed by atoms with van der Waals surface area (Å²) in [4.78, 5) is 14.7. The molecule has 0 fully saturated rings. The van der Waals surface area contributed by atoms with E-state index in [2.05, 4.69) is 21.6 Å². The first-order chi connectivity index (χ1) is 5.25. The average Bonchev–Trinajstić information content (AvgIpc) is 2.04. The van der Waals surface area contributed by atoms with Crippen LogP contribution in [0.1, 0.15) is 17.4 Å². The van der Waals surface area contributed by atoms with Crippen LogP contribution >= 0.6 is 0 Å². The minimum atomic E-state index is -0.0944. The van der Waals surface area contributed by atoms with Crippen LogP contribution < -0.4 is 3.79 Å². The van der Waals surface area contributed by atoms with E-state index in [4.69, 9.17) is 3.79 Å². The van der Waals surface area contributed by atoms with Gasteiger partial charge in [0, 0.05) is 13.1 Å². The summed E-state index contributed by atoms with van der Waals surface area (Å²) in [6.45, 7) is 1.45. The maximum atomic E-state index is 10.9. The molecule has 0 aliphatic rings. The number of hydrogen-bond acceptors (Lipinski definition) is 3. The van der Waals surface area contributed by atoms with Crippen LogP contribution in [-0.2, 0) is 0 Å². The maximum absolute atomic E-state index is 10.9. The third kappa shape index (κ3) is 1.79. The third-order valence-electron chi connectivity index (χ3n) is 1.23. The van der Waals surface area contributed by atoms with Crippen molar-refractivity contribution in [3.8, 4) is 5.75 Å². The Morgan fingerprint density at radius 2 is 2.45 bits per heavy atom. The highest BCUT2D eigenvalue weighted by atomic mass is 27.1. The Bertz CT molecular complexity index is 275. The van der Waals surface area contributed by atoms with Gasteiger partial charge in [-0.05, 0) is 12.1 Å². The minimum absolute atomic E-state index is 0.0944. The second kappa shape index (κ2) is 3.52. The highest BCUT2D eigenvalue weighted by Gasteiger charge is 2.05. The minimum Gasteiger partial charge on any atom is -0.652 e. The summed E-state index contributed by atoms with van der Waals surface area (Å²) in [5.41, 5.74) is 0.363. The van der Waals surface area contributed by atoms with Gasteiger partial charge in [0.05, 0.1) is 0 Å². The van der Waals surface area contributed by atoms with E-state index in [9.17, 15) is 4.79 Å². The van der Waals surface area contributed by atoms with Crippen LogP contribution in [0.5, 0.6) is 5.75 Å². The Kier molecular flexibility index (Phi) is 2.64. The molecule has 0 saturated heterocycles. The van der Waals surface area contributed by atoms with E-state index >= 15 is 0 Å². The fourth-order valence-electron chi connectivity index (χ4n) is 0.750. The highest BCUT2D eigenvalue weighted by Crippen LogP contribution is 2.13. The van der Waals surface area contributed by atoms with Gasteiger partial charge in [-0.3, -0.25) is 4.79 Å². The van der Waals surface area contributed by atoms with E-state index < -0.39 is 0 Å². The number of pyridine rings is 1. The molecule has 1 aromatic rings. The van der Waals surface area contributed by atoms with Crippen molar-refractivity contribution < 1.29 is 8.58 Å². The molecule has 1 heterocycles. The monoisotopic (exact) mass is 163 g/mol. The predicted molar refractivity (Wildman–Crippen MR) is 40.6 cm³/mol. The average molecular weight is 163 g/mol. The molecule has 0 atom stereocenters. The number of Topliss-reactive ketones (excluding diaryl/α,β-unsaturated/α-hetero) is 1. The van der Waals surface area contributed by atoms with Crippen molar-refractivity contribution in [1.82, 2.24) is 4.98 Å². The van der Waals surface area contributed by atoms with Gasteiger partial charge in [0.1, 0.15) is 11.4 Å². The normalized spacial score (nSPS) is 9.18. The van der Waals surface area contributed by atoms with Crippen LogP contribution in [0.3, 0.4) is 0 Å². The Morgan fingerprint density at radius 1 is 1.73 bits per heavy atom. The summed E-state index contributed by atoms with van der Waals surface area (Å²) < 4.78 is 4.84. The summed E-state index contributed by atoms with van der Waals surface area (Å²) in [5, 5.41) is 0. The van der Waals surface area contributed by atoms with E-state index in [0.717, 1.165) is 0 Å². The van der Waals surface area contributed by atoms with Crippen LogP contribution in [0.4, 0.5) is 0 Å². The number of carbonyl (C=O) groups is 1. The lowest BCUT2D eigenvalue weighted by Gasteiger charge is -2.04. The predicted octanol–water partition coefficient (Wildman–Crippen LogP) is 0.746. The molecule has 0 amide bonds. The molecule has 0 aliphatic carbocycles. The number of nitrogens with zero attached hydrogens (tertiary/aromatic N) is 1. The Hall–Kier alpha value is -0.848. The van der Waals surface area contributed by atoms with Gasteiger partial charge in [0.15, 0.2) is 5.78 Å². The number of aromatic nitrogens is 1. The molecule has 54 valence electrons. The second-order valence-corrected chi connectivity index (χ2v) is 2.26. The van der Waals surface area contributed by atoms with Crippen LogP contribution in [-0.4, -0.2) is 27.4 Å². The van der Waals surface area contributed by atoms with Crippen molar-refractivity contribution >= 4 is 22.4 Å². The first-order valence-electron chi connectivity index (χ1n) is 3.08. The molecule has 0 bridgehead atoms. The molecule has 0 N–H and O–H groups in total. The quantitative estimate of drug-likeness (QED) is 0.477. The van der Waals surface area contributed by atoms with Crippen LogP contribution in [0.25, 0.3) is 0 Å². The summed E-state index contributed by atoms with van der Waals surface area (Å²) in [7, 11) is 0. The number of rotatable bonds is 2. The Labute approximate surface area is 73.2 Å². The van der Waals surface area contributed by atoms with Crippen molar-refractivity contribution in [2.75, 3.05) is 0 Å². The molecule has 1 rings (SSSR count). The summed E-state index contributed by atoms with van der Waals surface area (Å²) in [6, 6.07) is 3.41. The van der Waals surface area contributed by atoms with Gasteiger partial charge >= 0.3 is 16.6 Å². The summed E-state index contributed by atoms with van der Waals surface area (Å²) >= 11 is 2.08. The van der Waals surface area contributed by atoms with E-state index in [1.54, 1.807) is 18.3 Å². The van der Waals surface area contributed by atoms with Gasteiger partial charge in [-0.1, -0.05) is 0 Å². The Balaban J connectivity index is 3.12. The van der Waals surface area contributed by atoms with Gasteiger partial charge in [0.25, 0.3) is 0 Å². The summed E-state index contributed by atoms with van der Waals surface area (Å²) in [5.74, 6) is 0.396. The SMILES string of the molecule is CC(=O)c1ncccc1[O][Al]. The first-order valence-corrected chi connectivity index (χ1v) is 3.55. The fourth-order valence-corrected chi connectivity index (χ4v) is 0.940. The molecular formula is C7H6AlNO2. The standard InChI is InChI=1S/C7H7NO2.Al/c1-5(9)7-6(10)3-2-4-8-7;/h2-4,10H,1H3;/q;+1/p-1. The van der Waals surface area contributed by atoms with Crippen molar-refractivity contribution in [3.05, 3.63) is 24.0 Å². The van der Waals surface area contributed by atoms with Gasteiger partial charge < -0.3 is 3.79 Å². The molecule has 1 aromatic heterocycles. The zero-order valence-corrected chi connectivity index (χ0v) is 7.23. The molecule has 2 radical (unpaired) electrons. The van der Waals surface area contributed by atoms with Gasteiger partial charge in [-0.2, -0.15) is 0 Å². The van der Waals surface area contributed by atoms with Gasteiger partial charge in [-0.15, -0.1) is 0 Å². The summed E-state index contributed by atoms with van der Waals surface area (Å²) in [6.07, 6.45) is 1.56. The lowest BCUT2D eigenvalue weighted by molar-refractivity contribution is 0.101. The second-order valence-electron chi connectivity index (χ2n) is 2.02. The van der Waals surface area contributed by atoms with E-state index in [1.165, 1.54) is 6.92 Å². The molecule has 11 heavy (non-hydrogen) atoms. The largest absolute Gasteiger partial charge is 0.652 e. The fraction of sp³-hybridized carbons (Fsp3) is 0.143. The molecule has 0 spiro atoms. The van der Waals surface area contributed by atoms with Crippen molar-refractivity contribution in [2.24, 2.45) is 0 Å². The smallest absolute Gasteiger partial charge is 0.482 e. The number of ketones is 1. The Morgan fingerprint density at radius 3 is 2.91 bits per heavy atom. The van der Waals surface area contributed by atoms with Crippen LogP contribution in [0.15, 0.2) is 18.3 Å². The van der Waals surface area contributed by atoms with Crippen molar-refractivity contribution in [2.45, 2.75) is 6.92 Å². The molecule has 3 nitrogen and oxygen atoms in total. The lowest BCUT2D eigenvalue weighted by Crippen LogP contribution is -2.00. The van der Waals surface area contributed by atoms with Gasteiger partial charge in [-0.25, -0.2) is 4.98 Å². The van der Waals surface area contributed by atoms with Crippen LogP contribution in [0.2, 0.25) is 0 Å². The first kappa shape index (κ1) is 8.25. The van der Waals surface area contributed by atoms with E-state index in [-0.39, 0.29) is 5.78 Å². The van der Waals surface area contributed by atoms with E-state index in [1.807, 2.05) is 0 Å². The lowest BCUT2D eigenvalue weighted by atomic mass is 10.2. The maximum Gasteiger partial charge on any atom is 0.482 e. The molecule has 4 heteroatoms. The van der Waals surface area contributed by atoms with Crippen LogP contribution in [0, 0.1) is 0 Å². The van der Waals surface area contributed by atoms with Crippen molar-refractivity contribution in [3.63, 3.8) is 0 Å². The van der Waals surface area contributed by atoms with E-state index in [0.29, 0.717) is 11.4 Å². The van der Waals surface area contributed by atoms with Gasteiger partial charge in [0.2, 0.25) is 0 Å². The third-order valence-corrected chi connectivity index (χ3v) is 1.49. The highest BCUT2D eigenvalue weighted by molar-refractivity contribution is 6.02. The van der Waals surface area contributed by atoms with Crippen molar-refractivity contribution in [1.29, 1.82) is 0 Å². The zero-order chi connectivity index (χ0) is 8.27. The zero-order valence-electron chi connectivity index (χ0n) is 6.07. The molecule has 0 saturated carbocycles. The molecular weight excluding hydrogens is 157 g/mol. The molecule has 0 aromatic carbocycles. The number of hydrogen-bond donors (Lipinski definition) is 0. The number of carbonyl (C=O) groups excluding carboxylic acids is 1.